The summed E-state index contributed by atoms with van der Waals surface area (Å²) >= 11 is 12.0. The fourth-order valence-corrected chi connectivity index (χ4v) is 3.00. The smallest absolute Gasteiger partial charge is 0.350 e. The second-order valence-electron chi connectivity index (χ2n) is 5.89. The fourth-order valence-electron chi connectivity index (χ4n) is 2.59. The summed E-state index contributed by atoms with van der Waals surface area (Å²) in [6.07, 6.45) is -4.67. The zero-order chi connectivity index (χ0) is 21.2. The van der Waals surface area contributed by atoms with Crippen LogP contribution in [-0.4, -0.2) is 27.4 Å². The van der Waals surface area contributed by atoms with E-state index < -0.39 is 29.3 Å². The van der Waals surface area contributed by atoms with Crippen LogP contribution in [0.25, 0.3) is 5.69 Å². The molecular formula is C18H12Cl2F4N4O. The van der Waals surface area contributed by atoms with E-state index in [0.717, 1.165) is 24.3 Å². The van der Waals surface area contributed by atoms with Crippen molar-refractivity contribution in [3.8, 4) is 5.69 Å². The summed E-state index contributed by atoms with van der Waals surface area (Å²) in [6, 6.07) is 9.10. The third kappa shape index (κ3) is 4.68. The molecule has 0 saturated heterocycles. The molecule has 5 nitrogen and oxygen atoms in total. The first-order chi connectivity index (χ1) is 13.7. The Labute approximate surface area is 172 Å². The first-order valence-electron chi connectivity index (χ1n) is 8.18. The minimum atomic E-state index is -4.92. The molecule has 29 heavy (non-hydrogen) atoms. The number of benzene rings is 2. The molecule has 3 aromatic rings. The van der Waals surface area contributed by atoms with E-state index in [1.165, 1.54) is 0 Å². The minimum absolute atomic E-state index is 0.000396. The van der Waals surface area contributed by atoms with Gasteiger partial charge in [0.05, 0.1) is 15.7 Å². The Balaban J connectivity index is 1.81. The Morgan fingerprint density at radius 2 is 1.79 bits per heavy atom. The van der Waals surface area contributed by atoms with Crippen LogP contribution >= 0.6 is 23.2 Å². The zero-order valence-electron chi connectivity index (χ0n) is 14.5. The molecule has 0 radical (unpaired) electrons. The normalized spacial score (nSPS) is 11.5. The number of aromatic nitrogens is 3. The molecule has 0 aliphatic carbocycles. The molecular weight excluding hydrogens is 435 g/mol. The van der Waals surface area contributed by atoms with Crippen LogP contribution in [0.5, 0.6) is 0 Å². The van der Waals surface area contributed by atoms with Crippen LogP contribution in [0.15, 0.2) is 42.5 Å². The predicted octanol–water partition coefficient (Wildman–Crippen LogP) is 4.70. The molecule has 0 bridgehead atoms. The average Bonchev–Trinajstić information content (AvgIpc) is 3.11. The van der Waals surface area contributed by atoms with Crippen molar-refractivity contribution >= 4 is 29.1 Å². The van der Waals surface area contributed by atoms with Crippen LogP contribution < -0.4 is 5.32 Å². The van der Waals surface area contributed by atoms with Gasteiger partial charge in [-0.15, -0.1) is 5.10 Å². The number of rotatable bonds is 5. The fraction of sp³-hybridized carbons (Fsp3) is 0.167. The van der Waals surface area contributed by atoms with Crippen LogP contribution in [0, 0.1) is 5.82 Å². The Morgan fingerprint density at radius 1 is 1.10 bits per heavy atom. The van der Waals surface area contributed by atoms with E-state index in [2.05, 4.69) is 15.6 Å². The molecule has 1 aromatic heterocycles. The van der Waals surface area contributed by atoms with E-state index in [4.69, 9.17) is 23.2 Å². The maximum absolute atomic E-state index is 13.6. The van der Waals surface area contributed by atoms with Crippen molar-refractivity contribution in [3.05, 3.63) is 75.3 Å². The number of nitrogens with one attached hydrogen (secondary N) is 1. The van der Waals surface area contributed by atoms with Crippen molar-refractivity contribution in [3.63, 3.8) is 0 Å². The highest BCUT2D eigenvalue weighted by Gasteiger charge is 2.42. The van der Waals surface area contributed by atoms with E-state index in [0.29, 0.717) is 20.3 Å². The van der Waals surface area contributed by atoms with Crippen molar-refractivity contribution < 1.29 is 22.4 Å². The van der Waals surface area contributed by atoms with Gasteiger partial charge in [-0.1, -0.05) is 40.5 Å². The van der Waals surface area contributed by atoms with Gasteiger partial charge in [0.15, 0.2) is 11.4 Å². The third-order valence-electron chi connectivity index (χ3n) is 3.94. The molecule has 152 valence electrons. The van der Waals surface area contributed by atoms with E-state index >= 15 is 0 Å². The number of carbonyl (C=O) groups is 1. The number of hydrogen-bond donors (Lipinski definition) is 1. The lowest BCUT2D eigenvalue weighted by Gasteiger charge is -2.11. The minimum Gasteiger partial charge on any atom is -0.350 e. The molecule has 11 heteroatoms. The third-order valence-corrected chi connectivity index (χ3v) is 4.79. The van der Waals surface area contributed by atoms with Crippen LogP contribution in [0.3, 0.4) is 0 Å². The lowest BCUT2D eigenvalue weighted by atomic mass is 10.1. The van der Waals surface area contributed by atoms with Gasteiger partial charge in [0.2, 0.25) is 0 Å². The van der Waals surface area contributed by atoms with Crippen LogP contribution in [-0.2, 0) is 12.6 Å². The molecule has 0 aliphatic rings. The lowest BCUT2D eigenvalue weighted by molar-refractivity contribution is -0.143. The maximum atomic E-state index is 13.6. The molecule has 2 aromatic carbocycles. The standard InChI is InChI=1S/C18H12Cl2F4N4O/c19-13-3-1-2-10(14(13)20)8-9-25-17(29)15-16(18(22,23)24)28(27-26-15)12-6-4-11(21)5-7-12/h1-7H,8-9H2,(H,25,29). The van der Waals surface area contributed by atoms with Gasteiger partial charge in [0.1, 0.15) is 5.82 Å². The topological polar surface area (TPSA) is 59.8 Å². The summed E-state index contributed by atoms with van der Waals surface area (Å²) in [5.74, 6) is -1.68. The summed E-state index contributed by atoms with van der Waals surface area (Å²) in [5, 5.41) is 9.80. The number of alkyl halides is 3. The van der Waals surface area contributed by atoms with Gasteiger partial charge < -0.3 is 5.32 Å². The van der Waals surface area contributed by atoms with Gasteiger partial charge in [-0.05, 0) is 42.3 Å². The molecule has 0 aliphatic heterocycles. The van der Waals surface area contributed by atoms with Gasteiger partial charge in [0.25, 0.3) is 5.91 Å². The number of amides is 1. The second kappa shape index (κ2) is 8.38. The quantitative estimate of drug-likeness (QED) is 0.577. The highest BCUT2D eigenvalue weighted by Crippen LogP contribution is 2.32. The first-order valence-corrected chi connectivity index (χ1v) is 8.94. The lowest BCUT2D eigenvalue weighted by Crippen LogP contribution is -2.29. The summed E-state index contributed by atoms with van der Waals surface area (Å²) in [6.45, 7) is -0.000396. The first kappa shape index (κ1) is 21.1. The van der Waals surface area contributed by atoms with E-state index in [-0.39, 0.29) is 18.7 Å². The van der Waals surface area contributed by atoms with Crippen LogP contribution in [0.1, 0.15) is 21.7 Å². The molecule has 1 N–H and O–H groups in total. The number of carbonyl (C=O) groups excluding carboxylic acids is 1. The van der Waals surface area contributed by atoms with Crippen molar-refractivity contribution in [2.45, 2.75) is 12.6 Å². The van der Waals surface area contributed by atoms with Gasteiger partial charge in [-0.25, -0.2) is 9.07 Å². The van der Waals surface area contributed by atoms with E-state index in [1.807, 2.05) is 0 Å². The molecule has 0 saturated carbocycles. The second-order valence-corrected chi connectivity index (χ2v) is 6.68. The monoisotopic (exact) mass is 446 g/mol. The van der Waals surface area contributed by atoms with E-state index in [9.17, 15) is 22.4 Å². The number of halogens is 6. The SMILES string of the molecule is O=C(NCCc1cccc(Cl)c1Cl)c1nnn(-c2ccc(F)cc2)c1C(F)(F)F. The van der Waals surface area contributed by atoms with Crippen LogP contribution in [0.2, 0.25) is 10.0 Å². The van der Waals surface area contributed by atoms with Crippen molar-refractivity contribution in [2.75, 3.05) is 6.54 Å². The van der Waals surface area contributed by atoms with E-state index in [1.54, 1.807) is 18.2 Å². The summed E-state index contributed by atoms with van der Waals surface area (Å²) in [7, 11) is 0. The Bertz CT molecular complexity index is 1040. The molecule has 0 spiro atoms. The Kier molecular flexibility index (Phi) is 6.09. The molecule has 0 atom stereocenters. The highest BCUT2D eigenvalue weighted by atomic mass is 35.5. The summed E-state index contributed by atoms with van der Waals surface area (Å²) in [5.41, 5.74) is -1.71. The van der Waals surface area contributed by atoms with Gasteiger partial charge in [-0.3, -0.25) is 4.79 Å². The van der Waals surface area contributed by atoms with Gasteiger partial charge in [0, 0.05) is 6.54 Å². The van der Waals surface area contributed by atoms with Crippen LogP contribution in [0.4, 0.5) is 17.6 Å². The zero-order valence-corrected chi connectivity index (χ0v) is 16.0. The largest absolute Gasteiger partial charge is 0.435 e. The predicted molar refractivity (Wildman–Crippen MR) is 98.8 cm³/mol. The molecule has 3 rings (SSSR count). The van der Waals surface area contributed by atoms with Crippen molar-refractivity contribution in [1.29, 1.82) is 0 Å². The number of hydrogen-bond acceptors (Lipinski definition) is 3. The number of nitrogens with zero attached hydrogens (tertiary/aromatic N) is 3. The summed E-state index contributed by atoms with van der Waals surface area (Å²) < 4.78 is 54.2. The molecule has 0 fully saturated rings. The highest BCUT2D eigenvalue weighted by molar-refractivity contribution is 6.42. The van der Waals surface area contributed by atoms with Crippen molar-refractivity contribution in [2.24, 2.45) is 0 Å². The summed E-state index contributed by atoms with van der Waals surface area (Å²) in [4.78, 5) is 12.3. The molecule has 0 unspecified atom stereocenters. The Hall–Kier alpha value is -2.65. The van der Waals surface area contributed by atoms with Crippen molar-refractivity contribution in [1.82, 2.24) is 20.3 Å². The molecule has 1 heterocycles. The van der Waals surface area contributed by atoms with Gasteiger partial charge in [-0.2, -0.15) is 13.2 Å². The molecule has 1 amide bonds. The maximum Gasteiger partial charge on any atom is 0.435 e. The van der Waals surface area contributed by atoms with Gasteiger partial charge >= 0.3 is 6.18 Å². The Morgan fingerprint density at radius 3 is 2.45 bits per heavy atom. The average molecular weight is 447 g/mol.